The van der Waals surface area contributed by atoms with Gasteiger partial charge in [0.25, 0.3) is 0 Å². The van der Waals surface area contributed by atoms with Crippen LogP contribution >= 0.6 is 0 Å². The molecule has 1 rings (SSSR count). The molecule has 0 amide bonds. The summed E-state index contributed by atoms with van der Waals surface area (Å²) in [6.07, 6.45) is -1.44. The zero-order valence-electron chi connectivity index (χ0n) is 7.64. The summed E-state index contributed by atoms with van der Waals surface area (Å²) in [5.74, 6) is -0.946. The maximum absolute atomic E-state index is 12.6. The van der Waals surface area contributed by atoms with E-state index in [0.717, 1.165) is 6.92 Å². The highest BCUT2D eigenvalue weighted by Crippen LogP contribution is 2.23. The van der Waals surface area contributed by atoms with Crippen molar-refractivity contribution in [1.29, 1.82) is 0 Å². The molecular weight excluding hydrogens is 207 g/mol. The van der Waals surface area contributed by atoms with Crippen LogP contribution in [0.3, 0.4) is 0 Å². The van der Waals surface area contributed by atoms with Crippen molar-refractivity contribution in [3.05, 3.63) is 24.3 Å². The third-order valence-electron chi connectivity index (χ3n) is 1.65. The molecule has 1 aromatic carbocycles. The van der Waals surface area contributed by atoms with E-state index in [2.05, 4.69) is 0 Å². The lowest BCUT2D eigenvalue weighted by molar-refractivity contribution is 0.390. The average Bonchev–Trinajstić information content (AvgIpc) is 2.02. The number of sulfone groups is 1. The van der Waals surface area contributed by atoms with E-state index in [-0.39, 0.29) is 10.6 Å². The molecule has 0 saturated heterocycles. The second kappa shape index (κ2) is 3.96. The van der Waals surface area contributed by atoms with Crippen molar-refractivity contribution in [2.24, 2.45) is 0 Å². The molecule has 0 aromatic heterocycles. The van der Waals surface area contributed by atoms with E-state index in [4.69, 9.17) is 0 Å². The molecule has 0 aliphatic rings. The summed E-state index contributed by atoms with van der Waals surface area (Å²) in [6.45, 7) is 1.16. The number of alkyl halides is 1. The number of benzene rings is 1. The zero-order valence-corrected chi connectivity index (χ0v) is 8.46. The highest BCUT2D eigenvalue weighted by atomic mass is 32.2. The van der Waals surface area contributed by atoms with Crippen molar-refractivity contribution in [3.63, 3.8) is 0 Å². The van der Waals surface area contributed by atoms with Crippen LogP contribution in [-0.2, 0) is 9.84 Å². The first-order chi connectivity index (χ1) is 6.43. The predicted octanol–water partition coefficient (Wildman–Crippen LogP) is 1.52. The molecule has 0 heterocycles. The van der Waals surface area contributed by atoms with Gasteiger partial charge in [-0.3, -0.25) is 0 Å². The Labute approximate surface area is 82.1 Å². The number of phenolic OH excluding ortho intramolecular Hbond substituents is 1. The topological polar surface area (TPSA) is 54.4 Å². The van der Waals surface area contributed by atoms with Gasteiger partial charge < -0.3 is 5.11 Å². The van der Waals surface area contributed by atoms with Gasteiger partial charge >= 0.3 is 0 Å². The first-order valence-corrected chi connectivity index (χ1v) is 5.73. The third kappa shape index (κ3) is 2.45. The number of hydrogen-bond donors (Lipinski definition) is 1. The second-order valence-electron chi connectivity index (χ2n) is 3.03. The minimum atomic E-state index is -3.72. The SMILES string of the molecule is CC(F)CS(=O)(=O)c1ccccc1O. The van der Waals surface area contributed by atoms with E-state index in [1.165, 1.54) is 24.3 Å². The standard InChI is InChI=1S/C9H11FO3S/c1-7(10)6-14(12,13)9-5-3-2-4-8(9)11/h2-5,7,11H,6H2,1H3. The smallest absolute Gasteiger partial charge is 0.184 e. The van der Waals surface area contributed by atoms with Gasteiger partial charge in [0.05, 0.1) is 5.75 Å². The highest BCUT2D eigenvalue weighted by molar-refractivity contribution is 7.91. The number of para-hydroxylation sites is 1. The fourth-order valence-corrected chi connectivity index (χ4v) is 2.57. The Morgan fingerprint density at radius 1 is 1.43 bits per heavy atom. The van der Waals surface area contributed by atoms with Crippen molar-refractivity contribution in [1.82, 2.24) is 0 Å². The van der Waals surface area contributed by atoms with Gasteiger partial charge in [0.2, 0.25) is 0 Å². The van der Waals surface area contributed by atoms with Crippen LogP contribution in [-0.4, -0.2) is 25.4 Å². The summed E-state index contributed by atoms with van der Waals surface area (Å²) >= 11 is 0. The maximum Gasteiger partial charge on any atom is 0.184 e. The predicted molar refractivity (Wildman–Crippen MR) is 50.7 cm³/mol. The molecule has 0 aliphatic carbocycles. The summed E-state index contributed by atoms with van der Waals surface area (Å²) in [7, 11) is -3.72. The van der Waals surface area contributed by atoms with E-state index < -0.39 is 21.8 Å². The van der Waals surface area contributed by atoms with Gasteiger partial charge in [-0.1, -0.05) is 12.1 Å². The zero-order chi connectivity index (χ0) is 10.8. The Kier molecular flexibility index (Phi) is 3.10. The molecule has 0 saturated carbocycles. The van der Waals surface area contributed by atoms with Crippen molar-refractivity contribution in [3.8, 4) is 5.75 Å². The number of hydrogen-bond acceptors (Lipinski definition) is 3. The number of halogens is 1. The Morgan fingerprint density at radius 2 is 2.00 bits per heavy atom. The van der Waals surface area contributed by atoms with Crippen LogP contribution in [0.2, 0.25) is 0 Å². The van der Waals surface area contributed by atoms with Crippen LogP contribution in [0.15, 0.2) is 29.2 Å². The molecule has 14 heavy (non-hydrogen) atoms. The highest BCUT2D eigenvalue weighted by Gasteiger charge is 2.20. The Hall–Kier alpha value is -1.10. The lowest BCUT2D eigenvalue weighted by Gasteiger charge is -2.06. The fourth-order valence-electron chi connectivity index (χ4n) is 1.11. The van der Waals surface area contributed by atoms with E-state index >= 15 is 0 Å². The molecule has 0 spiro atoms. The molecule has 1 N–H and O–H groups in total. The van der Waals surface area contributed by atoms with Crippen molar-refractivity contribution in [2.75, 3.05) is 5.75 Å². The molecule has 1 aromatic rings. The number of phenols is 1. The monoisotopic (exact) mass is 218 g/mol. The molecule has 78 valence electrons. The minimum Gasteiger partial charge on any atom is -0.507 e. The summed E-state index contributed by atoms with van der Waals surface area (Å²) in [6, 6.07) is 5.51. The minimum absolute atomic E-state index is 0.218. The molecule has 3 nitrogen and oxygen atoms in total. The number of rotatable bonds is 3. The third-order valence-corrected chi connectivity index (χ3v) is 3.56. The summed E-state index contributed by atoms with van der Waals surface area (Å²) in [5, 5.41) is 9.26. The van der Waals surface area contributed by atoms with Gasteiger partial charge in [0.15, 0.2) is 9.84 Å². The first kappa shape index (κ1) is 11.0. The van der Waals surface area contributed by atoms with E-state index in [9.17, 15) is 17.9 Å². The summed E-state index contributed by atoms with van der Waals surface area (Å²) in [5.41, 5.74) is 0. The largest absolute Gasteiger partial charge is 0.507 e. The normalized spacial score (nSPS) is 13.9. The van der Waals surface area contributed by atoms with Crippen LogP contribution in [0, 0.1) is 0 Å². The van der Waals surface area contributed by atoms with Gasteiger partial charge in [0, 0.05) is 0 Å². The van der Waals surface area contributed by atoms with Gasteiger partial charge in [-0.15, -0.1) is 0 Å². The Morgan fingerprint density at radius 3 is 2.50 bits per heavy atom. The summed E-state index contributed by atoms with van der Waals surface area (Å²) in [4.78, 5) is -0.218. The van der Waals surface area contributed by atoms with E-state index in [1.54, 1.807) is 0 Å². The van der Waals surface area contributed by atoms with Crippen molar-refractivity contribution in [2.45, 2.75) is 18.0 Å². The quantitative estimate of drug-likeness (QED) is 0.837. The lowest BCUT2D eigenvalue weighted by atomic mass is 10.3. The van der Waals surface area contributed by atoms with Crippen LogP contribution < -0.4 is 0 Å². The van der Waals surface area contributed by atoms with Crippen LogP contribution in [0.25, 0.3) is 0 Å². The van der Waals surface area contributed by atoms with Gasteiger partial charge in [-0.05, 0) is 19.1 Å². The van der Waals surface area contributed by atoms with Gasteiger partial charge in [0.1, 0.15) is 16.8 Å². The molecule has 0 radical (unpaired) electrons. The van der Waals surface area contributed by atoms with Crippen LogP contribution in [0.1, 0.15) is 6.92 Å². The average molecular weight is 218 g/mol. The Balaban J connectivity index is 3.11. The molecule has 0 aliphatic heterocycles. The van der Waals surface area contributed by atoms with E-state index in [1.807, 2.05) is 0 Å². The maximum atomic E-state index is 12.6. The molecule has 1 unspecified atom stereocenters. The number of aromatic hydroxyl groups is 1. The summed E-state index contributed by atoms with van der Waals surface area (Å²) < 4.78 is 35.5. The molecule has 1 atom stereocenters. The van der Waals surface area contributed by atoms with Crippen LogP contribution in [0.5, 0.6) is 5.75 Å². The van der Waals surface area contributed by atoms with Gasteiger partial charge in [-0.2, -0.15) is 0 Å². The van der Waals surface area contributed by atoms with Gasteiger partial charge in [-0.25, -0.2) is 12.8 Å². The van der Waals surface area contributed by atoms with E-state index in [0.29, 0.717) is 0 Å². The molecule has 0 bridgehead atoms. The molecular formula is C9H11FO3S. The van der Waals surface area contributed by atoms with Crippen LogP contribution in [0.4, 0.5) is 4.39 Å². The Bertz CT molecular complexity index is 412. The fraction of sp³-hybridized carbons (Fsp3) is 0.333. The lowest BCUT2D eigenvalue weighted by Crippen LogP contribution is -2.14. The molecule has 0 fully saturated rings. The van der Waals surface area contributed by atoms with Crippen molar-refractivity contribution < 1.29 is 17.9 Å². The second-order valence-corrected chi connectivity index (χ2v) is 5.03. The molecule has 5 heteroatoms. The first-order valence-electron chi connectivity index (χ1n) is 4.08. The van der Waals surface area contributed by atoms with Crippen molar-refractivity contribution >= 4 is 9.84 Å².